The van der Waals surface area contributed by atoms with E-state index in [0.29, 0.717) is 10.8 Å². The molecule has 1 aliphatic rings. The highest BCUT2D eigenvalue weighted by Gasteiger charge is 2.27. The van der Waals surface area contributed by atoms with Crippen molar-refractivity contribution in [3.05, 3.63) is 41.1 Å². The third kappa shape index (κ3) is 5.32. The third-order valence-electron chi connectivity index (χ3n) is 7.16. The Labute approximate surface area is 196 Å². The summed E-state index contributed by atoms with van der Waals surface area (Å²) in [5.41, 5.74) is 5.71. The number of rotatable bonds is 5. The van der Waals surface area contributed by atoms with E-state index in [-0.39, 0.29) is 16.6 Å². The summed E-state index contributed by atoms with van der Waals surface area (Å²) in [6.07, 6.45) is 6.37. The van der Waals surface area contributed by atoms with E-state index in [1.54, 1.807) is 6.92 Å². The van der Waals surface area contributed by atoms with E-state index in [1.807, 2.05) is 13.0 Å². The fourth-order valence-corrected chi connectivity index (χ4v) is 6.00. The SMILES string of the molecule is CCS(=O)(=O)c1cc(-c2cc(C(C)(C)C)cc(C(C)(C)C)c2)n(CC2CCCCC2)c1C. The Morgan fingerprint density at radius 3 is 1.88 bits per heavy atom. The number of hydrogen-bond donors (Lipinski definition) is 0. The van der Waals surface area contributed by atoms with Crippen molar-refractivity contribution in [3.63, 3.8) is 0 Å². The first kappa shape index (κ1) is 25.1. The van der Waals surface area contributed by atoms with Crippen LogP contribution in [0.4, 0.5) is 0 Å². The molecule has 3 rings (SSSR count). The van der Waals surface area contributed by atoms with Gasteiger partial charge in [0.15, 0.2) is 9.84 Å². The van der Waals surface area contributed by atoms with Crippen molar-refractivity contribution < 1.29 is 8.42 Å². The first-order chi connectivity index (χ1) is 14.7. The maximum absolute atomic E-state index is 12.9. The summed E-state index contributed by atoms with van der Waals surface area (Å²) in [6.45, 7) is 18.1. The minimum atomic E-state index is -3.28. The molecule has 1 saturated carbocycles. The van der Waals surface area contributed by atoms with Crippen molar-refractivity contribution in [1.82, 2.24) is 4.57 Å². The minimum absolute atomic E-state index is 0.0180. The van der Waals surface area contributed by atoms with E-state index in [1.165, 1.54) is 43.2 Å². The maximum atomic E-state index is 12.9. The molecule has 1 aromatic carbocycles. The topological polar surface area (TPSA) is 39.1 Å². The average Bonchev–Trinajstić information content (AvgIpc) is 3.04. The highest BCUT2D eigenvalue weighted by Crippen LogP contribution is 2.37. The Hall–Kier alpha value is -1.55. The van der Waals surface area contributed by atoms with Gasteiger partial charge in [0.2, 0.25) is 0 Å². The first-order valence-corrected chi connectivity index (χ1v) is 14.0. The Balaban J connectivity index is 2.24. The predicted octanol–water partition coefficient (Wildman–Crippen LogP) is 7.43. The largest absolute Gasteiger partial charge is 0.343 e. The van der Waals surface area contributed by atoms with Crippen LogP contribution in [0.3, 0.4) is 0 Å². The smallest absolute Gasteiger partial charge is 0.179 e. The molecule has 4 heteroatoms. The average molecular weight is 458 g/mol. The molecule has 1 heterocycles. The maximum Gasteiger partial charge on any atom is 0.179 e. The standard InChI is InChI=1S/C28H43NO2S/c1-9-32(30,31)26-18-25(29(20(26)2)19-21-13-11-10-12-14-21)22-15-23(27(3,4)5)17-24(16-22)28(6,7)8/h15-18,21H,9-14,19H2,1-8H3. The van der Waals surface area contributed by atoms with E-state index in [9.17, 15) is 8.42 Å². The second kappa shape index (κ2) is 9.00. The number of aromatic nitrogens is 1. The van der Waals surface area contributed by atoms with Crippen LogP contribution in [0.5, 0.6) is 0 Å². The van der Waals surface area contributed by atoms with Crippen molar-refractivity contribution in [1.29, 1.82) is 0 Å². The van der Waals surface area contributed by atoms with Gasteiger partial charge in [0.05, 0.1) is 10.6 Å². The Kier molecular flexibility index (Phi) is 7.06. The molecule has 0 spiro atoms. The van der Waals surface area contributed by atoms with Gasteiger partial charge in [-0.25, -0.2) is 8.42 Å². The molecule has 1 aromatic heterocycles. The number of sulfone groups is 1. The Morgan fingerprint density at radius 1 is 0.875 bits per heavy atom. The van der Waals surface area contributed by atoms with E-state index in [2.05, 4.69) is 64.3 Å². The molecule has 2 aromatic rings. The molecule has 1 fully saturated rings. The summed E-state index contributed by atoms with van der Waals surface area (Å²) in [5, 5.41) is 0. The summed E-state index contributed by atoms with van der Waals surface area (Å²) in [5.74, 6) is 0.759. The summed E-state index contributed by atoms with van der Waals surface area (Å²) in [7, 11) is -3.28. The second-order valence-electron chi connectivity index (χ2n) is 11.8. The quantitative estimate of drug-likeness (QED) is 0.468. The van der Waals surface area contributed by atoms with Crippen molar-refractivity contribution in [2.75, 3.05) is 5.75 Å². The number of hydrogen-bond acceptors (Lipinski definition) is 2. The molecule has 0 unspecified atom stereocenters. The molecular weight excluding hydrogens is 414 g/mol. The molecule has 0 bridgehead atoms. The van der Waals surface area contributed by atoms with Crippen molar-refractivity contribution in [2.24, 2.45) is 5.92 Å². The highest BCUT2D eigenvalue weighted by atomic mass is 32.2. The predicted molar refractivity (Wildman–Crippen MR) is 136 cm³/mol. The van der Waals surface area contributed by atoms with Gasteiger partial charge in [-0.3, -0.25) is 0 Å². The van der Waals surface area contributed by atoms with E-state index in [0.717, 1.165) is 23.5 Å². The minimum Gasteiger partial charge on any atom is -0.343 e. The Morgan fingerprint density at radius 2 is 1.41 bits per heavy atom. The lowest BCUT2D eigenvalue weighted by molar-refractivity contribution is 0.318. The van der Waals surface area contributed by atoms with Crippen LogP contribution in [0.1, 0.15) is 97.4 Å². The monoisotopic (exact) mass is 457 g/mol. The molecule has 0 amide bonds. The van der Waals surface area contributed by atoms with Crippen LogP contribution in [0.2, 0.25) is 0 Å². The van der Waals surface area contributed by atoms with Gasteiger partial charge >= 0.3 is 0 Å². The van der Waals surface area contributed by atoms with Crippen LogP contribution in [0.25, 0.3) is 11.3 Å². The van der Waals surface area contributed by atoms with Crippen LogP contribution < -0.4 is 0 Å². The molecule has 178 valence electrons. The molecule has 0 N–H and O–H groups in total. The number of benzene rings is 1. The summed E-state index contributed by atoms with van der Waals surface area (Å²) in [6, 6.07) is 8.84. The van der Waals surface area contributed by atoms with E-state index >= 15 is 0 Å². The van der Waals surface area contributed by atoms with Gasteiger partial charge in [-0.2, -0.15) is 0 Å². The fraction of sp³-hybridized carbons (Fsp3) is 0.643. The zero-order valence-corrected chi connectivity index (χ0v) is 22.3. The lowest BCUT2D eigenvalue weighted by Crippen LogP contribution is -2.18. The zero-order valence-electron chi connectivity index (χ0n) is 21.5. The molecule has 3 nitrogen and oxygen atoms in total. The second-order valence-corrected chi connectivity index (χ2v) is 14.0. The van der Waals surface area contributed by atoms with Crippen molar-refractivity contribution in [3.8, 4) is 11.3 Å². The lowest BCUT2D eigenvalue weighted by Gasteiger charge is -2.27. The van der Waals surface area contributed by atoms with Crippen LogP contribution in [0, 0.1) is 12.8 Å². The molecular formula is C28H43NO2S. The molecule has 0 aliphatic heterocycles. The summed E-state index contributed by atoms with van der Waals surface area (Å²) >= 11 is 0. The van der Waals surface area contributed by atoms with Gasteiger partial charge in [-0.05, 0) is 71.4 Å². The summed E-state index contributed by atoms with van der Waals surface area (Å²) < 4.78 is 28.2. The molecule has 1 aliphatic carbocycles. The van der Waals surface area contributed by atoms with Gasteiger partial charge in [0.1, 0.15) is 0 Å². The fourth-order valence-electron chi connectivity index (χ4n) is 4.83. The van der Waals surface area contributed by atoms with Gasteiger partial charge in [-0.15, -0.1) is 0 Å². The van der Waals surface area contributed by atoms with Crippen molar-refractivity contribution in [2.45, 2.75) is 110 Å². The van der Waals surface area contributed by atoms with Crippen LogP contribution in [-0.2, 0) is 27.2 Å². The number of nitrogens with zero attached hydrogens (tertiary/aromatic N) is 1. The molecule has 0 atom stereocenters. The zero-order chi connectivity index (χ0) is 23.9. The lowest BCUT2D eigenvalue weighted by atomic mass is 9.79. The third-order valence-corrected chi connectivity index (χ3v) is 9.00. The van der Waals surface area contributed by atoms with E-state index < -0.39 is 9.84 Å². The van der Waals surface area contributed by atoms with Gasteiger partial charge < -0.3 is 4.57 Å². The first-order valence-electron chi connectivity index (χ1n) is 12.3. The van der Waals surface area contributed by atoms with Crippen LogP contribution in [-0.4, -0.2) is 18.7 Å². The highest BCUT2D eigenvalue weighted by molar-refractivity contribution is 7.91. The normalized spacial score (nSPS) is 16.5. The molecule has 0 saturated heterocycles. The molecule has 0 radical (unpaired) electrons. The van der Waals surface area contributed by atoms with Gasteiger partial charge in [0, 0.05) is 17.9 Å². The van der Waals surface area contributed by atoms with Gasteiger partial charge in [0.25, 0.3) is 0 Å². The van der Waals surface area contributed by atoms with Crippen molar-refractivity contribution >= 4 is 9.84 Å². The van der Waals surface area contributed by atoms with Gasteiger partial charge in [-0.1, -0.05) is 73.8 Å². The summed E-state index contributed by atoms with van der Waals surface area (Å²) in [4.78, 5) is 0.504. The Bertz CT molecular complexity index is 1020. The molecule has 32 heavy (non-hydrogen) atoms. The van der Waals surface area contributed by atoms with E-state index in [4.69, 9.17) is 0 Å². The van der Waals surface area contributed by atoms with Crippen LogP contribution >= 0.6 is 0 Å². The van der Waals surface area contributed by atoms with Crippen LogP contribution in [0.15, 0.2) is 29.2 Å².